The van der Waals surface area contributed by atoms with Gasteiger partial charge in [0.05, 0.1) is 0 Å². The second kappa shape index (κ2) is 4.28. The van der Waals surface area contributed by atoms with Crippen molar-refractivity contribution in [3.63, 3.8) is 0 Å². The monoisotopic (exact) mass is 203 g/mol. The van der Waals surface area contributed by atoms with Crippen LogP contribution in [-0.2, 0) is 4.74 Å². The molecule has 2 rings (SSSR count). The fourth-order valence-electron chi connectivity index (χ4n) is 1.35. The summed E-state index contributed by atoms with van der Waals surface area (Å²) in [5, 5.41) is 0. The number of pyridine rings is 1. The topological polar surface area (TPSA) is 35.3 Å². The summed E-state index contributed by atoms with van der Waals surface area (Å²) in [5.41, 5.74) is 0.979. The molecule has 15 heavy (non-hydrogen) atoms. The van der Waals surface area contributed by atoms with Crippen LogP contribution in [0.4, 0.5) is 0 Å². The third-order valence-corrected chi connectivity index (χ3v) is 2.33. The number of methoxy groups -OCH3 is 1. The molecule has 3 heteroatoms. The summed E-state index contributed by atoms with van der Waals surface area (Å²) in [7, 11) is 1.66. The lowest BCUT2D eigenvalue weighted by Gasteiger charge is -2.04. The van der Waals surface area contributed by atoms with E-state index < -0.39 is 0 Å². The molecule has 1 unspecified atom stereocenters. The average Bonchev–Trinajstić information content (AvgIpc) is 2.78. The van der Waals surface area contributed by atoms with Crippen LogP contribution in [0.1, 0.15) is 18.8 Å². The molecule has 0 aromatic carbocycles. The van der Waals surface area contributed by atoms with Crippen molar-refractivity contribution in [2.24, 2.45) is 0 Å². The van der Waals surface area contributed by atoms with Gasteiger partial charge in [0.25, 0.3) is 0 Å². The second-order valence-corrected chi connectivity index (χ2v) is 3.32. The Bertz CT molecular complexity index is 422. The zero-order valence-electron chi connectivity index (χ0n) is 8.81. The van der Waals surface area contributed by atoms with Gasteiger partial charge < -0.3 is 9.15 Å². The summed E-state index contributed by atoms with van der Waals surface area (Å²) >= 11 is 0. The molecule has 2 aromatic rings. The molecule has 2 heterocycles. The lowest BCUT2D eigenvalue weighted by atomic mass is 10.2. The lowest BCUT2D eigenvalue weighted by Crippen LogP contribution is -1.92. The predicted octanol–water partition coefficient (Wildman–Crippen LogP) is 3.05. The molecule has 0 aliphatic rings. The van der Waals surface area contributed by atoms with Gasteiger partial charge in [-0.3, -0.25) is 4.98 Å². The maximum atomic E-state index is 5.66. The highest BCUT2D eigenvalue weighted by atomic mass is 16.5. The summed E-state index contributed by atoms with van der Waals surface area (Å²) in [6.45, 7) is 1.95. The fourth-order valence-corrected chi connectivity index (χ4v) is 1.35. The minimum atomic E-state index is -0.0181. The van der Waals surface area contributed by atoms with Crippen molar-refractivity contribution in [3.8, 4) is 11.3 Å². The number of hydrogen-bond donors (Lipinski definition) is 0. The molecule has 0 radical (unpaired) electrons. The number of hydrogen-bond acceptors (Lipinski definition) is 3. The first-order valence-corrected chi connectivity index (χ1v) is 4.84. The van der Waals surface area contributed by atoms with Crippen LogP contribution in [0.25, 0.3) is 11.3 Å². The molecule has 0 bridgehead atoms. The number of ether oxygens (including phenoxy) is 1. The van der Waals surface area contributed by atoms with Crippen molar-refractivity contribution in [2.45, 2.75) is 13.0 Å². The van der Waals surface area contributed by atoms with Crippen molar-refractivity contribution >= 4 is 0 Å². The Labute approximate surface area is 88.7 Å². The van der Waals surface area contributed by atoms with E-state index in [0.717, 1.165) is 17.1 Å². The summed E-state index contributed by atoms with van der Waals surface area (Å²) < 4.78 is 10.8. The molecule has 78 valence electrons. The molecule has 0 aliphatic carbocycles. The van der Waals surface area contributed by atoms with Crippen molar-refractivity contribution < 1.29 is 9.15 Å². The van der Waals surface area contributed by atoms with Gasteiger partial charge in [0.1, 0.15) is 17.6 Å². The number of rotatable bonds is 3. The molecule has 3 nitrogen and oxygen atoms in total. The van der Waals surface area contributed by atoms with Crippen molar-refractivity contribution in [3.05, 3.63) is 42.4 Å². The van der Waals surface area contributed by atoms with E-state index in [1.165, 1.54) is 0 Å². The Morgan fingerprint density at radius 3 is 2.87 bits per heavy atom. The van der Waals surface area contributed by atoms with E-state index in [1.54, 1.807) is 19.5 Å². The SMILES string of the molecule is COC(C)c1ccc(-c2cccnc2)o1. The standard InChI is InChI=1S/C12H13NO2/c1-9(14-2)11-5-6-12(15-11)10-4-3-7-13-8-10/h3-9H,1-2H3. The molecular formula is C12H13NO2. The van der Waals surface area contributed by atoms with Gasteiger partial charge >= 0.3 is 0 Å². The first-order valence-electron chi connectivity index (χ1n) is 4.84. The quantitative estimate of drug-likeness (QED) is 0.769. The van der Waals surface area contributed by atoms with Crippen molar-refractivity contribution in [2.75, 3.05) is 7.11 Å². The molecule has 2 aromatic heterocycles. The number of aromatic nitrogens is 1. The Kier molecular flexibility index (Phi) is 2.83. The van der Waals surface area contributed by atoms with Crippen LogP contribution in [0, 0.1) is 0 Å². The highest BCUT2D eigenvalue weighted by Crippen LogP contribution is 2.25. The van der Waals surface area contributed by atoms with Gasteiger partial charge in [-0.25, -0.2) is 0 Å². The first kappa shape index (κ1) is 9.93. The maximum Gasteiger partial charge on any atom is 0.135 e. The van der Waals surface area contributed by atoms with Gasteiger partial charge in [0, 0.05) is 25.1 Å². The van der Waals surface area contributed by atoms with Gasteiger partial charge in [0.15, 0.2) is 0 Å². The lowest BCUT2D eigenvalue weighted by molar-refractivity contribution is 0.100. The Balaban J connectivity index is 2.28. The van der Waals surface area contributed by atoms with Crippen LogP contribution in [0.15, 0.2) is 41.1 Å². The van der Waals surface area contributed by atoms with Gasteiger partial charge in [-0.1, -0.05) is 0 Å². The zero-order valence-corrected chi connectivity index (χ0v) is 8.81. The minimum absolute atomic E-state index is 0.0181. The van der Waals surface area contributed by atoms with Crippen molar-refractivity contribution in [1.29, 1.82) is 0 Å². The number of nitrogens with zero attached hydrogens (tertiary/aromatic N) is 1. The molecule has 0 saturated carbocycles. The van der Waals surface area contributed by atoms with Crippen LogP contribution >= 0.6 is 0 Å². The van der Waals surface area contributed by atoms with E-state index >= 15 is 0 Å². The third-order valence-electron chi connectivity index (χ3n) is 2.33. The molecular weight excluding hydrogens is 190 g/mol. The smallest absolute Gasteiger partial charge is 0.135 e. The molecule has 0 saturated heterocycles. The van der Waals surface area contributed by atoms with Crippen molar-refractivity contribution in [1.82, 2.24) is 4.98 Å². The van der Waals surface area contributed by atoms with Gasteiger partial charge in [-0.2, -0.15) is 0 Å². The van der Waals surface area contributed by atoms with Crippen LogP contribution < -0.4 is 0 Å². The van der Waals surface area contributed by atoms with Crippen LogP contribution in [0.2, 0.25) is 0 Å². The fraction of sp³-hybridized carbons (Fsp3) is 0.250. The summed E-state index contributed by atoms with van der Waals surface area (Å²) in [4.78, 5) is 4.04. The van der Waals surface area contributed by atoms with Gasteiger partial charge in [0.2, 0.25) is 0 Å². The zero-order chi connectivity index (χ0) is 10.7. The molecule has 0 N–H and O–H groups in total. The Morgan fingerprint density at radius 1 is 1.33 bits per heavy atom. The Morgan fingerprint density at radius 2 is 2.20 bits per heavy atom. The summed E-state index contributed by atoms with van der Waals surface area (Å²) in [6, 6.07) is 7.71. The Hall–Kier alpha value is -1.61. The minimum Gasteiger partial charge on any atom is -0.458 e. The van der Waals surface area contributed by atoms with Gasteiger partial charge in [-0.15, -0.1) is 0 Å². The molecule has 0 spiro atoms. The third kappa shape index (κ3) is 2.07. The van der Waals surface area contributed by atoms with Crippen LogP contribution in [0.5, 0.6) is 0 Å². The molecule has 1 atom stereocenters. The predicted molar refractivity (Wildman–Crippen MR) is 57.4 cm³/mol. The van der Waals surface area contributed by atoms with E-state index in [-0.39, 0.29) is 6.10 Å². The largest absolute Gasteiger partial charge is 0.458 e. The first-order chi connectivity index (χ1) is 7.31. The summed E-state index contributed by atoms with van der Waals surface area (Å²) in [5.74, 6) is 1.65. The maximum absolute atomic E-state index is 5.66. The van der Waals surface area contributed by atoms with E-state index in [1.807, 2.05) is 31.2 Å². The van der Waals surface area contributed by atoms with E-state index in [0.29, 0.717) is 0 Å². The van der Waals surface area contributed by atoms with Gasteiger partial charge in [-0.05, 0) is 31.2 Å². The highest BCUT2D eigenvalue weighted by Gasteiger charge is 2.10. The molecule has 0 amide bonds. The molecule has 0 fully saturated rings. The number of furan rings is 1. The van der Waals surface area contributed by atoms with E-state index in [4.69, 9.17) is 9.15 Å². The highest BCUT2D eigenvalue weighted by molar-refractivity contribution is 5.55. The second-order valence-electron chi connectivity index (χ2n) is 3.32. The van der Waals surface area contributed by atoms with Crippen LogP contribution in [0.3, 0.4) is 0 Å². The summed E-state index contributed by atoms with van der Waals surface area (Å²) in [6.07, 6.45) is 3.50. The van der Waals surface area contributed by atoms with E-state index in [2.05, 4.69) is 4.98 Å². The average molecular weight is 203 g/mol. The van der Waals surface area contributed by atoms with Crippen LogP contribution in [-0.4, -0.2) is 12.1 Å². The normalized spacial score (nSPS) is 12.7. The molecule has 0 aliphatic heterocycles. The van der Waals surface area contributed by atoms with E-state index in [9.17, 15) is 0 Å².